The second kappa shape index (κ2) is 2.62. The zero-order valence-electron chi connectivity index (χ0n) is 5.91. The van der Waals surface area contributed by atoms with Crippen molar-refractivity contribution >= 4 is 22.4 Å². The van der Waals surface area contributed by atoms with Crippen LogP contribution in [0, 0.1) is 5.92 Å². The van der Waals surface area contributed by atoms with Crippen LogP contribution in [0.1, 0.15) is 12.8 Å². The minimum absolute atomic E-state index is 0.125. The van der Waals surface area contributed by atoms with Crippen LogP contribution in [-0.4, -0.2) is 10.9 Å². The quantitative estimate of drug-likeness (QED) is 0.727. The highest BCUT2D eigenvalue weighted by Gasteiger charge is 2.29. The summed E-state index contributed by atoms with van der Waals surface area (Å²) in [4.78, 5) is 15.1. The number of hydrogen-bond donors (Lipinski definition) is 1. The minimum atomic E-state index is 0.125. The van der Waals surface area contributed by atoms with Gasteiger partial charge < -0.3 is 5.32 Å². The lowest BCUT2D eigenvalue weighted by molar-refractivity contribution is -0.117. The topological polar surface area (TPSA) is 42.0 Å². The van der Waals surface area contributed by atoms with Crippen molar-refractivity contribution in [3.05, 3.63) is 11.6 Å². The third-order valence-electron chi connectivity index (χ3n) is 1.61. The molecule has 1 aliphatic carbocycles. The number of amides is 1. The third kappa shape index (κ3) is 1.57. The molecular weight excluding hydrogens is 160 g/mol. The Hall–Kier alpha value is -0.900. The highest BCUT2D eigenvalue weighted by molar-refractivity contribution is 7.13. The number of carbonyl (C=O) groups is 1. The van der Waals surface area contributed by atoms with E-state index in [9.17, 15) is 4.79 Å². The Morgan fingerprint density at radius 1 is 1.73 bits per heavy atom. The monoisotopic (exact) mass is 168 g/mol. The number of nitrogens with zero attached hydrogens (tertiary/aromatic N) is 1. The Kier molecular flexibility index (Phi) is 1.62. The number of nitrogens with one attached hydrogen (secondary N) is 1. The van der Waals surface area contributed by atoms with E-state index in [4.69, 9.17) is 0 Å². The largest absolute Gasteiger partial charge is 0.302 e. The van der Waals surface area contributed by atoms with Gasteiger partial charge in [0.2, 0.25) is 5.91 Å². The molecule has 2 rings (SSSR count). The molecule has 1 saturated carbocycles. The summed E-state index contributed by atoms with van der Waals surface area (Å²) in [5.74, 6) is 0.388. The van der Waals surface area contributed by atoms with Crippen LogP contribution < -0.4 is 5.32 Å². The Bertz CT molecular complexity index is 253. The van der Waals surface area contributed by atoms with Crippen molar-refractivity contribution in [1.29, 1.82) is 0 Å². The SMILES string of the molecule is O=C(Nc1nccs1)C1CC1. The Morgan fingerprint density at radius 2 is 2.55 bits per heavy atom. The molecule has 1 N–H and O–H groups in total. The zero-order chi connectivity index (χ0) is 7.68. The van der Waals surface area contributed by atoms with E-state index in [1.54, 1.807) is 6.20 Å². The minimum Gasteiger partial charge on any atom is -0.302 e. The standard InChI is InChI=1S/C7H8N2OS/c10-6(5-1-2-5)9-7-8-3-4-11-7/h3-5H,1-2H2,(H,8,9,10). The molecule has 1 aromatic heterocycles. The molecular formula is C7H8N2OS. The van der Waals surface area contributed by atoms with Crippen LogP contribution in [0.2, 0.25) is 0 Å². The van der Waals surface area contributed by atoms with Crippen molar-refractivity contribution < 1.29 is 4.79 Å². The van der Waals surface area contributed by atoms with E-state index in [2.05, 4.69) is 10.3 Å². The van der Waals surface area contributed by atoms with E-state index in [-0.39, 0.29) is 11.8 Å². The van der Waals surface area contributed by atoms with Gasteiger partial charge in [-0.1, -0.05) is 0 Å². The number of hydrogen-bond acceptors (Lipinski definition) is 3. The highest BCUT2D eigenvalue weighted by Crippen LogP contribution is 2.30. The summed E-state index contributed by atoms with van der Waals surface area (Å²) >= 11 is 1.45. The van der Waals surface area contributed by atoms with Crippen LogP contribution in [0.25, 0.3) is 0 Å². The molecule has 0 saturated heterocycles. The summed E-state index contributed by atoms with van der Waals surface area (Å²) in [7, 11) is 0. The number of aromatic nitrogens is 1. The normalized spacial score (nSPS) is 16.4. The van der Waals surface area contributed by atoms with E-state index in [1.807, 2.05) is 5.38 Å². The Balaban J connectivity index is 1.94. The summed E-state index contributed by atoms with van der Waals surface area (Å²) < 4.78 is 0. The van der Waals surface area contributed by atoms with Crippen molar-refractivity contribution in [2.45, 2.75) is 12.8 Å². The van der Waals surface area contributed by atoms with Crippen molar-refractivity contribution in [2.24, 2.45) is 5.92 Å². The van der Waals surface area contributed by atoms with Gasteiger partial charge in [-0.05, 0) is 12.8 Å². The first-order valence-electron chi connectivity index (χ1n) is 3.56. The van der Waals surface area contributed by atoms with E-state index in [0.717, 1.165) is 12.8 Å². The van der Waals surface area contributed by atoms with Crippen LogP contribution >= 0.6 is 11.3 Å². The molecule has 0 aromatic carbocycles. The van der Waals surface area contributed by atoms with Crippen LogP contribution in [0.3, 0.4) is 0 Å². The number of thiazole rings is 1. The Labute approximate surface area is 68.5 Å². The van der Waals surface area contributed by atoms with Gasteiger partial charge in [0.05, 0.1) is 0 Å². The van der Waals surface area contributed by atoms with Crippen molar-refractivity contribution in [2.75, 3.05) is 5.32 Å². The van der Waals surface area contributed by atoms with Gasteiger partial charge in [-0.3, -0.25) is 4.79 Å². The van der Waals surface area contributed by atoms with Crippen LogP contribution in [0.4, 0.5) is 5.13 Å². The predicted molar refractivity (Wildman–Crippen MR) is 43.5 cm³/mol. The molecule has 1 aromatic rings. The second-order valence-electron chi connectivity index (χ2n) is 2.60. The molecule has 0 atom stereocenters. The fraction of sp³-hybridized carbons (Fsp3) is 0.429. The number of carbonyl (C=O) groups excluding carboxylic acids is 1. The molecule has 0 spiro atoms. The summed E-state index contributed by atoms with van der Waals surface area (Å²) in [6.45, 7) is 0. The molecule has 1 heterocycles. The lowest BCUT2D eigenvalue weighted by Gasteiger charge is -1.96. The molecule has 1 fully saturated rings. The van der Waals surface area contributed by atoms with Gasteiger partial charge in [-0.2, -0.15) is 0 Å². The molecule has 11 heavy (non-hydrogen) atoms. The maximum Gasteiger partial charge on any atom is 0.229 e. The first-order valence-corrected chi connectivity index (χ1v) is 4.44. The van der Waals surface area contributed by atoms with Crippen LogP contribution in [-0.2, 0) is 4.79 Å². The molecule has 4 heteroatoms. The fourth-order valence-electron chi connectivity index (χ4n) is 0.838. The van der Waals surface area contributed by atoms with Crippen molar-refractivity contribution in [3.8, 4) is 0 Å². The average molecular weight is 168 g/mol. The Morgan fingerprint density at radius 3 is 3.09 bits per heavy atom. The van der Waals surface area contributed by atoms with E-state index >= 15 is 0 Å². The molecule has 0 bridgehead atoms. The predicted octanol–water partition coefficient (Wildman–Crippen LogP) is 1.49. The van der Waals surface area contributed by atoms with Gasteiger partial charge in [0.25, 0.3) is 0 Å². The first kappa shape index (κ1) is 6.79. The molecule has 0 radical (unpaired) electrons. The summed E-state index contributed by atoms with van der Waals surface area (Å²) in [6.07, 6.45) is 3.77. The summed E-state index contributed by atoms with van der Waals surface area (Å²) in [5.41, 5.74) is 0. The van der Waals surface area contributed by atoms with Gasteiger partial charge in [0.1, 0.15) is 0 Å². The average Bonchev–Trinajstić information content (AvgIpc) is 2.73. The number of anilines is 1. The second-order valence-corrected chi connectivity index (χ2v) is 3.50. The molecule has 1 aliphatic rings. The van der Waals surface area contributed by atoms with Gasteiger partial charge in [0.15, 0.2) is 5.13 Å². The van der Waals surface area contributed by atoms with E-state index < -0.39 is 0 Å². The van der Waals surface area contributed by atoms with Gasteiger partial charge in [-0.25, -0.2) is 4.98 Å². The lowest BCUT2D eigenvalue weighted by Crippen LogP contribution is -2.12. The van der Waals surface area contributed by atoms with E-state index in [1.165, 1.54) is 11.3 Å². The smallest absolute Gasteiger partial charge is 0.229 e. The molecule has 58 valence electrons. The zero-order valence-corrected chi connectivity index (χ0v) is 6.73. The maximum atomic E-state index is 11.1. The van der Waals surface area contributed by atoms with Crippen LogP contribution in [0.5, 0.6) is 0 Å². The third-order valence-corrected chi connectivity index (χ3v) is 2.30. The first-order chi connectivity index (χ1) is 5.36. The fourth-order valence-corrected chi connectivity index (χ4v) is 1.37. The van der Waals surface area contributed by atoms with Crippen molar-refractivity contribution in [3.63, 3.8) is 0 Å². The summed E-state index contributed by atoms with van der Waals surface area (Å²) in [5, 5.41) is 5.31. The van der Waals surface area contributed by atoms with Gasteiger partial charge in [0, 0.05) is 17.5 Å². The van der Waals surface area contributed by atoms with E-state index in [0.29, 0.717) is 5.13 Å². The molecule has 3 nitrogen and oxygen atoms in total. The highest BCUT2D eigenvalue weighted by atomic mass is 32.1. The molecule has 1 amide bonds. The maximum absolute atomic E-state index is 11.1. The molecule has 0 aliphatic heterocycles. The van der Waals surface area contributed by atoms with Crippen LogP contribution in [0.15, 0.2) is 11.6 Å². The van der Waals surface area contributed by atoms with Gasteiger partial charge >= 0.3 is 0 Å². The van der Waals surface area contributed by atoms with Gasteiger partial charge in [-0.15, -0.1) is 11.3 Å². The molecule has 0 unspecified atom stereocenters. The van der Waals surface area contributed by atoms with Crippen molar-refractivity contribution in [1.82, 2.24) is 4.98 Å². The summed E-state index contributed by atoms with van der Waals surface area (Å²) in [6, 6.07) is 0. The number of rotatable bonds is 2. The lowest BCUT2D eigenvalue weighted by atomic mass is 10.4.